The van der Waals surface area contributed by atoms with Crippen LogP contribution in [0.4, 0.5) is 0 Å². The molecule has 2 nitrogen and oxygen atoms in total. The van der Waals surface area contributed by atoms with Gasteiger partial charge in [0.1, 0.15) is 0 Å². The van der Waals surface area contributed by atoms with Crippen molar-refractivity contribution in [1.29, 1.82) is 0 Å². The summed E-state index contributed by atoms with van der Waals surface area (Å²) in [6.07, 6.45) is 4.11. The number of hydrogen-bond acceptors (Lipinski definition) is 2. The van der Waals surface area contributed by atoms with Crippen LogP contribution in [0.1, 0.15) is 44.1 Å². The van der Waals surface area contributed by atoms with Crippen LogP contribution >= 0.6 is 23.2 Å². The molecule has 20 heavy (non-hydrogen) atoms. The monoisotopic (exact) mass is 315 g/mol. The lowest BCUT2D eigenvalue weighted by Crippen LogP contribution is -2.26. The molecule has 1 saturated carbocycles. The molecule has 0 heterocycles. The van der Waals surface area contributed by atoms with E-state index in [1.165, 1.54) is 0 Å². The number of nitrogens with two attached hydrogens (primary N) is 1. The van der Waals surface area contributed by atoms with Crippen LogP contribution in [0.15, 0.2) is 18.2 Å². The molecule has 3 N–H and O–H groups in total. The van der Waals surface area contributed by atoms with Crippen LogP contribution in [0.3, 0.4) is 0 Å². The Morgan fingerprint density at radius 3 is 2.60 bits per heavy atom. The Bertz CT molecular complexity index is 452. The molecule has 4 atom stereocenters. The third kappa shape index (κ3) is 3.48. The summed E-state index contributed by atoms with van der Waals surface area (Å²) in [6.45, 7) is 2.40. The molecular formula is C16H23Cl2NO. The molecule has 1 aliphatic carbocycles. The Labute approximate surface area is 131 Å². The number of hydrogen-bond donors (Lipinski definition) is 2. The highest BCUT2D eigenvalue weighted by Crippen LogP contribution is 2.41. The molecule has 112 valence electrons. The van der Waals surface area contributed by atoms with Gasteiger partial charge < -0.3 is 10.8 Å². The molecule has 0 radical (unpaired) electrons. The minimum Gasteiger partial charge on any atom is -0.396 e. The van der Waals surface area contributed by atoms with Gasteiger partial charge in [0.25, 0.3) is 0 Å². The molecule has 4 heteroatoms. The summed E-state index contributed by atoms with van der Waals surface area (Å²) in [5, 5.41) is 11.0. The Kier molecular flexibility index (Phi) is 5.74. The van der Waals surface area contributed by atoms with Crippen LogP contribution in [-0.2, 0) is 0 Å². The predicted octanol–water partition coefficient (Wildman–Crippen LogP) is 4.22. The van der Waals surface area contributed by atoms with Gasteiger partial charge in [0.2, 0.25) is 0 Å². The molecule has 1 aromatic carbocycles. The molecule has 0 spiro atoms. The number of rotatable bonds is 3. The minimum absolute atomic E-state index is 0.194. The molecule has 2 rings (SSSR count). The van der Waals surface area contributed by atoms with E-state index in [0.29, 0.717) is 16.0 Å². The average molecular weight is 316 g/mol. The predicted molar refractivity (Wildman–Crippen MR) is 85.4 cm³/mol. The third-order valence-corrected chi connectivity index (χ3v) is 5.43. The molecule has 1 aliphatic rings. The summed E-state index contributed by atoms with van der Waals surface area (Å²) in [5.74, 6) is 1.04. The van der Waals surface area contributed by atoms with Crippen molar-refractivity contribution in [2.45, 2.75) is 44.6 Å². The van der Waals surface area contributed by atoms with E-state index in [1.807, 2.05) is 18.2 Å². The van der Waals surface area contributed by atoms with E-state index < -0.39 is 0 Å². The SMILES string of the molecule is CC[C@@H]1CC[C@H](N)C[C@H](c2ccc(Cl)c(Cl)c2)[C@H]1CO. The summed E-state index contributed by atoms with van der Waals surface area (Å²) in [5.41, 5.74) is 7.37. The summed E-state index contributed by atoms with van der Waals surface area (Å²) in [7, 11) is 0. The molecule has 0 aromatic heterocycles. The average Bonchev–Trinajstić information content (AvgIpc) is 2.60. The van der Waals surface area contributed by atoms with Crippen LogP contribution in [0.25, 0.3) is 0 Å². The van der Waals surface area contributed by atoms with Gasteiger partial charge in [-0.15, -0.1) is 0 Å². The van der Waals surface area contributed by atoms with E-state index in [1.54, 1.807) is 0 Å². The van der Waals surface area contributed by atoms with Gasteiger partial charge in [0.05, 0.1) is 10.0 Å². The van der Waals surface area contributed by atoms with Gasteiger partial charge in [-0.3, -0.25) is 0 Å². The van der Waals surface area contributed by atoms with Crippen LogP contribution in [-0.4, -0.2) is 17.8 Å². The zero-order valence-corrected chi connectivity index (χ0v) is 13.4. The van der Waals surface area contributed by atoms with Crippen molar-refractivity contribution in [3.05, 3.63) is 33.8 Å². The van der Waals surface area contributed by atoms with E-state index in [2.05, 4.69) is 6.92 Å². The van der Waals surface area contributed by atoms with Crippen LogP contribution in [0.2, 0.25) is 10.0 Å². The molecule has 0 amide bonds. The van der Waals surface area contributed by atoms with Gasteiger partial charge in [0.15, 0.2) is 0 Å². The first-order valence-electron chi connectivity index (χ1n) is 7.38. The number of benzene rings is 1. The molecule has 0 unspecified atom stereocenters. The fourth-order valence-corrected chi connectivity index (χ4v) is 3.81. The van der Waals surface area contributed by atoms with Crippen molar-refractivity contribution in [2.75, 3.05) is 6.61 Å². The number of halogens is 2. The van der Waals surface area contributed by atoms with Gasteiger partial charge in [-0.1, -0.05) is 42.6 Å². The highest BCUT2D eigenvalue weighted by Gasteiger charge is 2.33. The van der Waals surface area contributed by atoms with E-state index in [9.17, 15) is 5.11 Å². The normalized spacial score (nSPS) is 31.1. The molecular weight excluding hydrogens is 293 g/mol. The fraction of sp³-hybridized carbons (Fsp3) is 0.625. The second kappa shape index (κ2) is 7.13. The van der Waals surface area contributed by atoms with Crippen molar-refractivity contribution < 1.29 is 5.11 Å². The summed E-state index contributed by atoms with van der Waals surface area (Å²) in [4.78, 5) is 0. The summed E-state index contributed by atoms with van der Waals surface area (Å²) in [6, 6.07) is 5.99. The van der Waals surface area contributed by atoms with Gasteiger partial charge in [-0.05, 0) is 54.7 Å². The van der Waals surface area contributed by atoms with E-state index in [0.717, 1.165) is 31.2 Å². The van der Waals surface area contributed by atoms with E-state index in [4.69, 9.17) is 28.9 Å². The second-order valence-corrected chi connectivity index (χ2v) is 6.68. The lowest BCUT2D eigenvalue weighted by Gasteiger charge is -2.30. The quantitative estimate of drug-likeness (QED) is 0.820. The van der Waals surface area contributed by atoms with Crippen LogP contribution in [0, 0.1) is 11.8 Å². The second-order valence-electron chi connectivity index (χ2n) is 5.87. The van der Waals surface area contributed by atoms with Crippen molar-refractivity contribution in [2.24, 2.45) is 17.6 Å². The topological polar surface area (TPSA) is 46.2 Å². The van der Waals surface area contributed by atoms with Crippen LogP contribution in [0.5, 0.6) is 0 Å². The molecule has 1 fully saturated rings. The van der Waals surface area contributed by atoms with Crippen molar-refractivity contribution in [3.8, 4) is 0 Å². The molecule has 0 bridgehead atoms. The zero-order chi connectivity index (χ0) is 14.7. The Morgan fingerprint density at radius 2 is 2.00 bits per heavy atom. The van der Waals surface area contributed by atoms with E-state index in [-0.39, 0.29) is 24.5 Å². The summed E-state index contributed by atoms with van der Waals surface area (Å²) >= 11 is 12.1. The van der Waals surface area contributed by atoms with Gasteiger partial charge in [0, 0.05) is 12.6 Å². The van der Waals surface area contributed by atoms with Crippen LogP contribution < -0.4 is 5.73 Å². The van der Waals surface area contributed by atoms with E-state index >= 15 is 0 Å². The Hall–Kier alpha value is -0.280. The molecule has 0 saturated heterocycles. The first-order valence-corrected chi connectivity index (χ1v) is 8.13. The van der Waals surface area contributed by atoms with Gasteiger partial charge in [-0.2, -0.15) is 0 Å². The highest BCUT2D eigenvalue weighted by atomic mass is 35.5. The minimum atomic E-state index is 0.194. The maximum absolute atomic E-state index is 9.86. The lowest BCUT2D eigenvalue weighted by atomic mass is 9.76. The smallest absolute Gasteiger partial charge is 0.0595 e. The van der Waals surface area contributed by atoms with Gasteiger partial charge in [-0.25, -0.2) is 0 Å². The van der Waals surface area contributed by atoms with Crippen molar-refractivity contribution in [3.63, 3.8) is 0 Å². The number of aliphatic hydroxyl groups excluding tert-OH is 1. The Balaban J connectivity index is 2.34. The standard InChI is InChI=1S/C16H23Cl2NO/c1-2-10-3-5-12(19)8-13(14(10)9-20)11-4-6-15(17)16(18)7-11/h4,6-7,10,12-14,20H,2-3,5,8-9,19H2,1H3/t10-,12+,13-,14+/m1/s1. The van der Waals surface area contributed by atoms with Gasteiger partial charge >= 0.3 is 0 Å². The van der Waals surface area contributed by atoms with Crippen molar-refractivity contribution >= 4 is 23.2 Å². The molecule has 0 aliphatic heterocycles. The third-order valence-electron chi connectivity index (χ3n) is 4.69. The van der Waals surface area contributed by atoms with Crippen molar-refractivity contribution in [1.82, 2.24) is 0 Å². The molecule has 1 aromatic rings. The highest BCUT2D eigenvalue weighted by molar-refractivity contribution is 6.42. The Morgan fingerprint density at radius 1 is 1.25 bits per heavy atom. The number of aliphatic hydroxyl groups is 1. The maximum Gasteiger partial charge on any atom is 0.0595 e. The lowest BCUT2D eigenvalue weighted by molar-refractivity contribution is 0.147. The largest absolute Gasteiger partial charge is 0.396 e. The summed E-state index contributed by atoms with van der Waals surface area (Å²) < 4.78 is 0. The zero-order valence-electron chi connectivity index (χ0n) is 11.9. The fourth-order valence-electron chi connectivity index (χ4n) is 3.50. The first kappa shape index (κ1) is 16.1. The first-order chi connectivity index (χ1) is 9.56. The maximum atomic E-state index is 9.86.